The lowest BCUT2D eigenvalue weighted by atomic mass is 10.2. The molecule has 3 N–H and O–H groups in total. The molecule has 0 aliphatic carbocycles. The largest absolute Gasteiger partial charge is 0.506 e. The number of aromatic hydroxyl groups is 1. The Morgan fingerprint density at radius 1 is 1.35 bits per heavy atom. The second-order valence-electron chi connectivity index (χ2n) is 3.53. The molecule has 92 valence electrons. The van der Waals surface area contributed by atoms with Crippen LogP contribution in [0.3, 0.4) is 0 Å². The van der Waals surface area contributed by atoms with Gasteiger partial charge in [-0.25, -0.2) is 13.4 Å². The van der Waals surface area contributed by atoms with E-state index in [1.807, 2.05) is 0 Å². The second kappa shape index (κ2) is 3.52. The van der Waals surface area contributed by atoms with E-state index in [4.69, 9.17) is 5.11 Å². The number of hydrogen-bond acceptors (Lipinski definition) is 4. The summed E-state index contributed by atoms with van der Waals surface area (Å²) in [6.45, 7) is 1.55. The molecule has 8 heteroatoms. The van der Waals surface area contributed by atoms with Crippen molar-refractivity contribution in [1.82, 2.24) is 4.72 Å². The van der Waals surface area contributed by atoms with Crippen LogP contribution in [0.2, 0.25) is 0 Å². The maximum absolute atomic E-state index is 13.6. The Labute approximate surface area is 96.8 Å². The van der Waals surface area contributed by atoms with Crippen LogP contribution >= 0.6 is 0 Å². The molecule has 0 bridgehead atoms. The summed E-state index contributed by atoms with van der Waals surface area (Å²) in [5.74, 6) is -2.08. The zero-order valence-electron chi connectivity index (χ0n) is 8.68. The molecular formula is C9H9FN2O4S. The summed E-state index contributed by atoms with van der Waals surface area (Å²) < 4.78 is 38.8. The van der Waals surface area contributed by atoms with Crippen molar-refractivity contribution >= 4 is 15.9 Å². The molecule has 0 aromatic heterocycles. The smallest absolute Gasteiger partial charge is 0.330 e. The molecule has 0 radical (unpaired) electrons. The molecule has 1 aromatic carbocycles. The van der Waals surface area contributed by atoms with Crippen molar-refractivity contribution in [2.24, 2.45) is 0 Å². The summed E-state index contributed by atoms with van der Waals surface area (Å²) in [5, 5.41) is 18.6. The Kier molecular flexibility index (Phi) is 2.39. The third kappa shape index (κ3) is 1.86. The molecule has 0 unspecified atom stereocenters. The number of aliphatic hydroxyl groups is 1. The van der Waals surface area contributed by atoms with Gasteiger partial charge in [-0.3, -0.25) is 0 Å². The minimum atomic E-state index is -4.11. The average Bonchev–Trinajstić information content (AvgIpc) is 2.37. The van der Waals surface area contributed by atoms with Crippen LogP contribution < -0.4 is 9.03 Å². The maximum atomic E-state index is 13.6. The minimum absolute atomic E-state index is 0.437. The van der Waals surface area contributed by atoms with Gasteiger partial charge in [0.2, 0.25) is 5.88 Å². The van der Waals surface area contributed by atoms with Crippen LogP contribution in [0.15, 0.2) is 24.2 Å². The number of phenolic OH excluding ortho intramolecular Hbond substituents is 1. The van der Waals surface area contributed by atoms with Gasteiger partial charge >= 0.3 is 10.2 Å². The van der Waals surface area contributed by atoms with Crippen LogP contribution in [-0.4, -0.2) is 18.6 Å². The Bertz CT molecular complexity index is 588. The van der Waals surface area contributed by atoms with E-state index in [0.29, 0.717) is 9.87 Å². The summed E-state index contributed by atoms with van der Waals surface area (Å²) in [7, 11) is -4.11. The topological polar surface area (TPSA) is 89.9 Å². The van der Waals surface area contributed by atoms with Crippen LogP contribution in [0.1, 0.15) is 5.56 Å². The lowest BCUT2D eigenvalue weighted by Crippen LogP contribution is -2.30. The standard InChI is InChI=1S/C9H9FN2O4S/c1-5-2-6(10)9(7(13)3-5)12-4-8(14)11-17(12,15)16/h2-4,11,13-14H,1H3. The highest BCUT2D eigenvalue weighted by atomic mass is 32.2. The van der Waals surface area contributed by atoms with Crippen LogP contribution in [0.5, 0.6) is 5.75 Å². The lowest BCUT2D eigenvalue weighted by molar-refractivity contribution is 0.392. The minimum Gasteiger partial charge on any atom is -0.506 e. The van der Waals surface area contributed by atoms with Crippen molar-refractivity contribution in [3.63, 3.8) is 0 Å². The van der Waals surface area contributed by atoms with Gasteiger partial charge in [0.25, 0.3) is 0 Å². The first-order chi connectivity index (χ1) is 7.81. The molecule has 0 atom stereocenters. The number of nitrogens with one attached hydrogen (secondary N) is 1. The molecule has 0 fully saturated rings. The molecule has 0 saturated carbocycles. The summed E-state index contributed by atoms with van der Waals surface area (Å²) in [4.78, 5) is 0. The zero-order chi connectivity index (χ0) is 12.8. The molecule has 1 heterocycles. The molecule has 2 rings (SSSR count). The fourth-order valence-corrected chi connectivity index (χ4v) is 2.58. The second-order valence-corrected chi connectivity index (χ2v) is 5.08. The molecule has 0 spiro atoms. The summed E-state index contributed by atoms with van der Waals surface area (Å²) in [6.07, 6.45) is 0.767. The maximum Gasteiger partial charge on any atom is 0.330 e. The molecular weight excluding hydrogens is 251 g/mol. The number of anilines is 1. The first-order valence-corrected chi connectivity index (χ1v) is 5.97. The number of hydrogen-bond donors (Lipinski definition) is 3. The number of phenols is 1. The van der Waals surface area contributed by atoms with E-state index >= 15 is 0 Å². The number of aryl methyl sites for hydroxylation is 1. The fraction of sp³-hybridized carbons (Fsp3) is 0.111. The molecule has 1 aliphatic heterocycles. The van der Waals surface area contributed by atoms with E-state index in [-0.39, 0.29) is 0 Å². The van der Waals surface area contributed by atoms with Gasteiger partial charge in [-0.2, -0.15) is 8.42 Å². The Balaban J connectivity index is 2.63. The normalized spacial score (nSPS) is 17.8. The van der Waals surface area contributed by atoms with Gasteiger partial charge in [0, 0.05) is 0 Å². The van der Waals surface area contributed by atoms with E-state index in [2.05, 4.69) is 0 Å². The summed E-state index contributed by atoms with van der Waals surface area (Å²) >= 11 is 0. The number of halogens is 1. The van der Waals surface area contributed by atoms with Gasteiger partial charge in [0.05, 0.1) is 6.20 Å². The number of rotatable bonds is 1. The molecule has 1 aromatic rings. The van der Waals surface area contributed by atoms with Gasteiger partial charge in [0.1, 0.15) is 11.4 Å². The third-order valence-corrected chi connectivity index (χ3v) is 3.41. The first kappa shape index (κ1) is 11.5. The molecule has 6 nitrogen and oxygen atoms in total. The van der Waals surface area contributed by atoms with Crippen molar-refractivity contribution in [2.75, 3.05) is 4.31 Å². The van der Waals surface area contributed by atoms with Gasteiger partial charge in [0.15, 0.2) is 5.82 Å². The fourth-order valence-electron chi connectivity index (χ4n) is 1.51. The SMILES string of the molecule is Cc1cc(O)c(N2C=C(O)NS2(=O)=O)c(F)c1. The monoisotopic (exact) mass is 260 g/mol. The van der Waals surface area contributed by atoms with Crippen LogP contribution in [0, 0.1) is 12.7 Å². The summed E-state index contributed by atoms with van der Waals surface area (Å²) in [5.41, 5.74) is -0.0892. The Hall–Kier alpha value is -1.96. The predicted octanol–water partition coefficient (Wildman–Crippen LogP) is 0.851. The Morgan fingerprint density at radius 2 is 2.00 bits per heavy atom. The van der Waals surface area contributed by atoms with E-state index in [1.54, 1.807) is 11.6 Å². The van der Waals surface area contributed by atoms with Crippen molar-refractivity contribution in [3.05, 3.63) is 35.6 Å². The van der Waals surface area contributed by atoms with Crippen LogP contribution in [0.4, 0.5) is 10.1 Å². The lowest BCUT2D eigenvalue weighted by Gasteiger charge is -2.16. The highest BCUT2D eigenvalue weighted by Gasteiger charge is 2.32. The average molecular weight is 260 g/mol. The number of benzene rings is 1. The van der Waals surface area contributed by atoms with E-state index < -0.39 is 33.3 Å². The molecule has 17 heavy (non-hydrogen) atoms. The van der Waals surface area contributed by atoms with E-state index in [9.17, 15) is 17.9 Å². The van der Waals surface area contributed by atoms with Gasteiger partial charge in [-0.05, 0) is 24.6 Å². The quantitative estimate of drug-likeness (QED) is 0.698. The zero-order valence-corrected chi connectivity index (χ0v) is 9.49. The predicted molar refractivity (Wildman–Crippen MR) is 58.0 cm³/mol. The molecule has 0 amide bonds. The Morgan fingerprint density at radius 3 is 2.47 bits per heavy atom. The number of aliphatic hydroxyl groups excluding tert-OH is 1. The van der Waals surface area contributed by atoms with Crippen molar-refractivity contribution in [2.45, 2.75) is 6.92 Å². The molecule has 0 saturated heterocycles. The highest BCUT2D eigenvalue weighted by Crippen LogP contribution is 2.35. The van der Waals surface area contributed by atoms with Crippen LogP contribution in [-0.2, 0) is 10.2 Å². The van der Waals surface area contributed by atoms with Crippen molar-refractivity contribution < 1.29 is 23.0 Å². The third-order valence-electron chi connectivity index (χ3n) is 2.14. The van der Waals surface area contributed by atoms with E-state index in [0.717, 1.165) is 12.3 Å². The van der Waals surface area contributed by atoms with Crippen LogP contribution in [0.25, 0.3) is 0 Å². The first-order valence-electron chi connectivity index (χ1n) is 4.53. The van der Waals surface area contributed by atoms with Crippen molar-refractivity contribution in [1.29, 1.82) is 0 Å². The van der Waals surface area contributed by atoms with E-state index in [1.165, 1.54) is 6.07 Å². The molecule has 1 aliphatic rings. The van der Waals surface area contributed by atoms with Gasteiger partial charge in [-0.15, -0.1) is 0 Å². The summed E-state index contributed by atoms with van der Waals surface area (Å²) in [6, 6.07) is 2.30. The van der Waals surface area contributed by atoms with Crippen molar-refractivity contribution in [3.8, 4) is 5.75 Å². The van der Waals surface area contributed by atoms with Gasteiger partial charge < -0.3 is 10.2 Å². The number of nitrogens with zero attached hydrogens (tertiary/aromatic N) is 1. The van der Waals surface area contributed by atoms with Gasteiger partial charge in [-0.1, -0.05) is 0 Å². The highest BCUT2D eigenvalue weighted by molar-refractivity contribution is 7.91.